The van der Waals surface area contributed by atoms with Crippen LogP contribution in [0.4, 0.5) is 14.6 Å². The Hall–Kier alpha value is -1.41. The van der Waals surface area contributed by atoms with E-state index in [9.17, 15) is 13.6 Å². The van der Waals surface area contributed by atoms with Crippen molar-refractivity contribution in [2.75, 3.05) is 12.3 Å². The molecule has 1 aromatic heterocycles. The molecule has 0 amide bonds. The number of nitrogen functional groups attached to an aromatic ring is 1. The average molecular weight is 261 g/mol. The Bertz CT molecular complexity index is 531. The Morgan fingerprint density at radius 3 is 2.88 bits per heavy atom. The molecule has 0 radical (unpaired) electrons. The van der Waals surface area contributed by atoms with Gasteiger partial charge >= 0.3 is 5.69 Å². The maximum atomic E-state index is 13.5. The molecule has 2 heterocycles. The fourth-order valence-corrected chi connectivity index (χ4v) is 2.57. The highest BCUT2D eigenvalue weighted by Crippen LogP contribution is 2.41. The summed E-state index contributed by atoms with van der Waals surface area (Å²) in [7, 11) is 0. The highest BCUT2D eigenvalue weighted by atomic mass is 32.2. The zero-order valence-corrected chi connectivity index (χ0v) is 9.32. The summed E-state index contributed by atoms with van der Waals surface area (Å²) in [5, 5.41) is 7.44. The van der Waals surface area contributed by atoms with Gasteiger partial charge in [0, 0.05) is 6.20 Å². The molecule has 17 heavy (non-hydrogen) atoms. The molecule has 3 N–H and O–H groups in total. The number of nitrogens with zero attached hydrogens (tertiary/aromatic N) is 2. The van der Waals surface area contributed by atoms with Gasteiger partial charge in [0.2, 0.25) is 0 Å². The lowest BCUT2D eigenvalue weighted by molar-refractivity contribution is 0.307. The lowest BCUT2D eigenvalue weighted by atomic mass is 10.3. The summed E-state index contributed by atoms with van der Waals surface area (Å²) in [5.74, 6) is -2.01. The number of anilines is 1. The van der Waals surface area contributed by atoms with Gasteiger partial charge in [-0.05, 0) is 6.08 Å². The summed E-state index contributed by atoms with van der Waals surface area (Å²) in [4.78, 5) is 14.7. The zero-order valence-electron chi connectivity index (χ0n) is 8.51. The number of hydrogen-bond donors (Lipinski definition) is 2. The summed E-state index contributed by atoms with van der Waals surface area (Å²) in [5.41, 5.74) is 4.29. The van der Waals surface area contributed by atoms with Gasteiger partial charge in [-0.3, -0.25) is 4.57 Å². The first-order chi connectivity index (χ1) is 8.02. The molecular formula is C9H9F2N3O2S. The van der Waals surface area contributed by atoms with Gasteiger partial charge in [-0.1, -0.05) is 0 Å². The summed E-state index contributed by atoms with van der Waals surface area (Å²) in [6, 6.07) is 0. The van der Waals surface area contributed by atoms with Crippen LogP contribution in [0.5, 0.6) is 0 Å². The molecule has 0 fully saturated rings. The zero-order chi connectivity index (χ0) is 12.6. The Morgan fingerprint density at radius 1 is 1.59 bits per heavy atom. The summed E-state index contributed by atoms with van der Waals surface area (Å²) in [6.07, 6.45) is 2.01. The quantitative estimate of drug-likeness (QED) is 0.806. The lowest BCUT2D eigenvalue weighted by Crippen LogP contribution is -2.27. The molecule has 92 valence electrons. The van der Waals surface area contributed by atoms with Gasteiger partial charge in [0.05, 0.1) is 11.9 Å². The van der Waals surface area contributed by atoms with Crippen LogP contribution in [-0.4, -0.2) is 26.5 Å². The molecule has 5 nitrogen and oxygen atoms in total. The van der Waals surface area contributed by atoms with E-state index in [-0.39, 0.29) is 6.61 Å². The van der Waals surface area contributed by atoms with Crippen LogP contribution in [0.2, 0.25) is 0 Å². The van der Waals surface area contributed by atoms with Gasteiger partial charge < -0.3 is 10.8 Å². The van der Waals surface area contributed by atoms with Crippen molar-refractivity contribution in [1.29, 1.82) is 0 Å². The summed E-state index contributed by atoms with van der Waals surface area (Å²) >= 11 is 0.998. The van der Waals surface area contributed by atoms with Crippen LogP contribution in [0.25, 0.3) is 0 Å². The molecule has 1 aromatic rings. The molecule has 0 saturated carbocycles. The number of aliphatic hydroxyl groups excluding tert-OH is 1. The van der Waals surface area contributed by atoms with E-state index in [4.69, 9.17) is 10.8 Å². The van der Waals surface area contributed by atoms with E-state index in [0.717, 1.165) is 22.5 Å². The van der Waals surface area contributed by atoms with Gasteiger partial charge in [0.15, 0.2) is 11.6 Å². The van der Waals surface area contributed by atoms with Crippen molar-refractivity contribution in [3.63, 3.8) is 0 Å². The van der Waals surface area contributed by atoms with Crippen LogP contribution in [0.3, 0.4) is 0 Å². The molecule has 0 bridgehead atoms. The third-order valence-corrected chi connectivity index (χ3v) is 3.60. The Morgan fingerprint density at radius 2 is 2.29 bits per heavy atom. The van der Waals surface area contributed by atoms with E-state index >= 15 is 0 Å². The smallest absolute Gasteiger partial charge is 0.351 e. The van der Waals surface area contributed by atoms with Crippen molar-refractivity contribution in [2.45, 2.75) is 10.6 Å². The van der Waals surface area contributed by atoms with E-state index < -0.39 is 33.8 Å². The number of thioether (sulfide) groups is 1. The third kappa shape index (κ3) is 2.18. The molecule has 2 atom stereocenters. The Balaban J connectivity index is 2.40. The number of rotatable bonds is 2. The molecule has 0 spiro atoms. The molecule has 0 aliphatic carbocycles. The molecule has 1 aliphatic heterocycles. The predicted octanol–water partition coefficient (Wildman–Crippen LogP) is 0.424. The van der Waals surface area contributed by atoms with E-state index in [1.54, 1.807) is 0 Å². The van der Waals surface area contributed by atoms with Crippen LogP contribution in [0.1, 0.15) is 5.37 Å². The second-order valence-electron chi connectivity index (χ2n) is 3.42. The van der Waals surface area contributed by atoms with E-state index in [1.165, 1.54) is 6.08 Å². The number of halogens is 2. The van der Waals surface area contributed by atoms with Crippen molar-refractivity contribution in [1.82, 2.24) is 9.55 Å². The third-order valence-electron chi connectivity index (χ3n) is 2.25. The molecule has 0 unspecified atom stereocenters. The highest BCUT2D eigenvalue weighted by Gasteiger charge is 2.30. The minimum Gasteiger partial charge on any atom is -0.395 e. The Kier molecular flexibility index (Phi) is 3.16. The van der Waals surface area contributed by atoms with Crippen LogP contribution in [-0.2, 0) is 0 Å². The van der Waals surface area contributed by atoms with Crippen LogP contribution in [0.15, 0.2) is 22.9 Å². The molecule has 1 aliphatic rings. The summed E-state index contributed by atoms with van der Waals surface area (Å²) in [6.45, 7) is -0.256. The number of nitrogens with two attached hydrogens (primary N) is 1. The predicted molar refractivity (Wildman–Crippen MR) is 59.6 cm³/mol. The van der Waals surface area contributed by atoms with Crippen LogP contribution >= 0.6 is 11.8 Å². The minimum atomic E-state index is -0.998. The maximum absolute atomic E-state index is 13.5. The van der Waals surface area contributed by atoms with Gasteiger partial charge in [0.1, 0.15) is 11.2 Å². The molecule has 2 rings (SSSR count). The first-order valence-corrected chi connectivity index (χ1v) is 5.65. The normalized spacial score (nSPS) is 23.8. The maximum Gasteiger partial charge on any atom is 0.351 e. The van der Waals surface area contributed by atoms with Gasteiger partial charge in [0.25, 0.3) is 0 Å². The topological polar surface area (TPSA) is 81.1 Å². The van der Waals surface area contributed by atoms with Crippen LogP contribution < -0.4 is 11.4 Å². The van der Waals surface area contributed by atoms with Crippen molar-refractivity contribution < 1.29 is 13.9 Å². The average Bonchev–Trinajstić information content (AvgIpc) is 2.65. The molecule has 8 heteroatoms. The lowest BCUT2D eigenvalue weighted by Gasteiger charge is -2.14. The summed E-state index contributed by atoms with van der Waals surface area (Å²) < 4.78 is 27.5. The number of aromatic nitrogens is 2. The molecule has 0 saturated heterocycles. The van der Waals surface area contributed by atoms with E-state index in [1.807, 2.05) is 0 Å². The van der Waals surface area contributed by atoms with E-state index in [0.29, 0.717) is 0 Å². The first-order valence-electron chi connectivity index (χ1n) is 4.70. The minimum absolute atomic E-state index is 0.256. The van der Waals surface area contributed by atoms with Crippen molar-refractivity contribution in [3.05, 3.63) is 34.4 Å². The van der Waals surface area contributed by atoms with Crippen LogP contribution in [0, 0.1) is 5.82 Å². The number of aliphatic hydroxyl groups is 1. The SMILES string of the molecule is Nc1nc(=O)n([C@@H]2S[C@H](CO)C=C2F)cc1F. The standard InChI is InChI=1S/C9H9F2N3O2S/c10-5-1-4(3-15)17-8(5)14-2-6(11)7(12)13-9(14)16/h1-2,4,8,15H,3H2,(H2,12,13,16)/t4-,8+/m0/s1. The fourth-order valence-electron chi connectivity index (χ4n) is 1.45. The highest BCUT2D eigenvalue weighted by molar-refractivity contribution is 8.00. The van der Waals surface area contributed by atoms with E-state index in [2.05, 4.69) is 4.98 Å². The Labute approximate surface area is 99.0 Å². The van der Waals surface area contributed by atoms with Crippen molar-refractivity contribution >= 4 is 17.6 Å². The monoisotopic (exact) mass is 261 g/mol. The largest absolute Gasteiger partial charge is 0.395 e. The molecular weight excluding hydrogens is 252 g/mol. The second-order valence-corrected chi connectivity index (χ2v) is 4.75. The fraction of sp³-hybridized carbons (Fsp3) is 0.333. The number of hydrogen-bond acceptors (Lipinski definition) is 5. The van der Waals surface area contributed by atoms with Gasteiger partial charge in [-0.25, -0.2) is 13.6 Å². The first kappa shape index (κ1) is 12.1. The molecule has 0 aromatic carbocycles. The van der Waals surface area contributed by atoms with Crippen molar-refractivity contribution in [3.8, 4) is 0 Å². The van der Waals surface area contributed by atoms with Gasteiger partial charge in [-0.2, -0.15) is 4.98 Å². The van der Waals surface area contributed by atoms with Crippen molar-refractivity contribution in [2.24, 2.45) is 0 Å². The van der Waals surface area contributed by atoms with Gasteiger partial charge in [-0.15, -0.1) is 11.8 Å². The second kappa shape index (κ2) is 4.46.